The fourth-order valence-electron chi connectivity index (χ4n) is 2.48. The Balaban J connectivity index is 1.61. The first-order valence-electron chi connectivity index (χ1n) is 8.12. The Bertz CT molecular complexity index is 1060. The summed E-state index contributed by atoms with van der Waals surface area (Å²) in [5, 5.41) is 7.21. The molecule has 0 aliphatic rings. The molecule has 0 saturated carbocycles. The molecule has 0 unspecified atom stereocenters. The lowest BCUT2D eigenvalue weighted by molar-refractivity contribution is 0.432. The van der Waals surface area contributed by atoms with Crippen LogP contribution < -0.4 is 5.32 Å². The van der Waals surface area contributed by atoms with Crippen LogP contribution in [0.4, 0.5) is 11.6 Å². The first kappa shape index (κ1) is 15.9. The number of aryl methyl sites for hydroxylation is 2. The molecular formula is C19H16N6O. The van der Waals surface area contributed by atoms with Crippen LogP contribution in [-0.2, 0) is 0 Å². The second-order valence-corrected chi connectivity index (χ2v) is 5.81. The van der Waals surface area contributed by atoms with Crippen LogP contribution in [0, 0.1) is 13.8 Å². The van der Waals surface area contributed by atoms with Gasteiger partial charge in [-0.25, -0.2) is 15.0 Å². The second-order valence-electron chi connectivity index (χ2n) is 5.81. The topological polar surface area (TPSA) is 89.6 Å². The molecule has 0 aliphatic heterocycles. The van der Waals surface area contributed by atoms with Gasteiger partial charge in [-0.2, -0.15) is 4.98 Å². The molecule has 0 bridgehead atoms. The minimum absolute atomic E-state index is 0.428. The maximum absolute atomic E-state index is 5.41. The van der Waals surface area contributed by atoms with Crippen molar-refractivity contribution < 1.29 is 4.52 Å². The summed E-state index contributed by atoms with van der Waals surface area (Å²) >= 11 is 0. The van der Waals surface area contributed by atoms with Gasteiger partial charge in [0, 0.05) is 28.8 Å². The molecule has 4 aromatic rings. The van der Waals surface area contributed by atoms with Gasteiger partial charge < -0.3 is 9.84 Å². The van der Waals surface area contributed by atoms with Crippen LogP contribution >= 0.6 is 0 Å². The van der Waals surface area contributed by atoms with Crippen molar-refractivity contribution in [1.29, 1.82) is 0 Å². The number of anilines is 2. The number of hydrogen-bond donors (Lipinski definition) is 1. The van der Waals surface area contributed by atoms with E-state index in [1.807, 2.05) is 62.4 Å². The van der Waals surface area contributed by atoms with E-state index in [0.717, 1.165) is 22.6 Å². The van der Waals surface area contributed by atoms with E-state index in [2.05, 4.69) is 30.4 Å². The SMILES string of the molecule is Cc1cccc(-c2noc(-c3cccc(Nc4nccc(C)n4)c3)n2)n1. The van der Waals surface area contributed by atoms with Crippen LogP contribution in [-0.4, -0.2) is 25.1 Å². The summed E-state index contributed by atoms with van der Waals surface area (Å²) in [6, 6.07) is 15.2. The highest BCUT2D eigenvalue weighted by atomic mass is 16.5. The molecule has 7 nitrogen and oxygen atoms in total. The standard InChI is InChI=1S/C19H16N6O/c1-12-5-3-8-16(21-12)17-24-18(26-25-17)14-6-4-7-15(11-14)23-19-20-10-9-13(2)22-19/h3-11H,1-2H3,(H,20,22,23). The van der Waals surface area contributed by atoms with E-state index in [1.54, 1.807) is 6.20 Å². The summed E-state index contributed by atoms with van der Waals surface area (Å²) in [7, 11) is 0. The Labute approximate surface area is 150 Å². The summed E-state index contributed by atoms with van der Waals surface area (Å²) in [6.45, 7) is 3.84. The Hall–Kier alpha value is -3.61. The second kappa shape index (κ2) is 6.72. The van der Waals surface area contributed by atoms with Gasteiger partial charge in [-0.15, -0.1) is 0 Å². The van der Waals surface area contributed by atoms with Gasteiger partial charge in [0.05, 0.1) is 0 Å². The molecule has 0 atom stereocenters. The molecule has 0 aliphatic carbocycles. The average Bonchev–Trinajstić information content (AvgIpc) is 3.12. The lowest BCUT2D eigenvalue weighted by atomic mass is 10.2. The van der Waals surface area contributed by atoms with Gasteiger partial charge in [0.2, 0.25) is 11.8 Å². The third-order valence-electron chi connectivity index (χ3n) is 3.70. The Morgan fingerprint density at radius 2 is 1.73 bits per heavy atom. The summed E-state index contributed by atoms with van der Waals surface area (Å²) in [5.74, 6) is 1.43. The number of nitrogens with one attached hydrogen (secondary N) is 1. The van der Waals surface area contributed by atoms with E-state index < -0.39 is 0 Å². The summed E-state index contributed by atoms with van der Waals surface area (Å²) in [5.41, 5.74) is 4.11. The average molecular weight is 344 g/mol. The van der Waals surface area contributed by atoms with Crippen LogP contribution in [0.15, 0.2) is 59.3 Å². The molecule has 3 heterocycles. The van der Waals surface area contributed by atoms with Crippen molar-refractivity contribution in [1.82, 2.24) is 25.1 Å². The van der Waals surface area contributed by atoms with Crippen molar-refractivity contribution in [2.45, 2.75) is 13.8 Å². The molecule has 0 amide bonds. The third kappa shape index (κ3) is 3.41. The normalized spacial score (nSPS) is 10.7. The largest absolute Gasteiger partial charge is 0.334 e. The maximum atomic E-state index is 5.41. The van der Waals surface area contributed by atoms with Crippen LogP contribution in [0.2, 0.25) is 0 Å². The molecule has 0 radical (unpaired) electrons. The molecular weight excluding hydrogens is 328 g/mol. The Morgan fingerprint density at radius 3 is 2.58 bits per heavy atom. The van der Waals surface area contributed by atoms with Crippen molar-refractivity contribution in [3.63, 3.8) is 0 Å². The fraction of sp³-hybridized carbons (Fsp3) is 0.105. The van der Waals surface area contributed by atoms with Crippen molar-refractivity contribution in [2.75, 3.05) is 5.32 Å². The molecule has 0 spiro atoms. The first-order valence-corrected chi connectivity index (χ1v) is 8.12. The van der Waals surface area contributed by atoms with Gasteiger partial charge in [-0.1, -0.05) is 17.3 Å². The number of pyridine rings is 1. The van der Waals surface area contributed by atoms with Crippen LogP contribution in [0.1, 0.15) is 11.4 Å². The third-order valence-corrected chi connectivity index (χ3v) is 3.70. The lowest BCUT2D eigenvalue weighted by Crippen LogP contribution is -1.97. The van der Waals surface area contributed by atoms with Gasteiger partial charge in [-0.05, 0) is 50.2 Å². The zero-order valence-electron chi connectivity index (χ0n) is 14.3. The van der Waals surface area contributed by atoms with E-state index in [1.165, 1.54) is 0 Å². The van der Waals surface area contributed by atoms with Crippen molar-refractivity contribution >= 4 is 11.6 Å². The summed E-state index contributed by atoms with van der Waals surface area (Å²) < 4.78 is 5.41. The minimum Gasteiger partial charge on any atom is -0.334 e. The molecule has 0 fully saturated rings. The molecule has 1 N–H and O–H groups in total. The number of aromatic nitrogens is 5. The smallest absolute Gasteiger partial charge is 0.258 e. The van der Waals surface area contributed by atoms with E-state index in [9.17, 15) is 0 Å². The quantitative estimate of drug-likeness (QED) is 0.599. The summed E-state index contributed by atoms with van der Waals surface area (Å²) in [4.78, 5) is 17.4. The number of hydrogen-bond acceptors (Lipinski definition) is 7. The Morgan fingerprint density at radius 1 is 0.885 bits per heavy atom. The van der Waals surface area contributed by atoms with E-state index in [4.69, 9.17) is 4.52 Å². The summed E-state index contributed by atoms with van der Waals surface area (Å²) in [6.07, 6.45) is 1.72. The molecule has 4 rings (SSSR count). The molecule has 7 heteroatoms. The predicted molar refractivity (Wildman–Crippen MR) is 97.8 cm³/mol. The van der Waals surface area contributed by atoms with Crippen molar-refractivity contribution in [2.24, 2.45) is 0 Å². The highest BCUT2D eigenvalue weighted by Crippen LogP contribution is 2.24. The van der Waals surface area contributed by atoms with E-state index in [-0.39, 0.29) is 0 Å². The van der Waals surface area contributed by atoms with Gasteiger partial charge in [0.25, 0.3) is 5.89 Å². The molecule has 128 valence electrons. The van der Waals surface area contributed by atoms with Gasteiger partial charge in [-0.3, -0.25) is 0 Å². The molecule has 26 heavy (non-hydrogen) atoms. The Kier molecular flexibility index (Phi) is 4.10. The first-order chi connectivity index (χ1) is 12.7. The van der Waals surface area contributed by atoms with Gasteiger partial charge in [0.15, 0.2) is 0 Å². The van der Waals surface area contributed by atoms with Crippen molar-refractivity contribution in [3.05, 3.63) is 66.1 Å². The molecule has 3 aromatic heterocycles. The lowest BCUT2D eigenvalue weighted by Gasteiger charge is -2.05. The molecule has 1 aromatic carbocycles. The maximum Gasteiger partial charge on any atom is 0.258 e. The van der Waals surface area contributed by atoms with Crippen molar-refractivity contribution in [3.8, 4) is 23.0 Å². The van der Waals surface area contributed by atoms with E-state index in [0.29, 0.717) is 23.4 Å². The fourth-order valence-corrected chi connectivity index (χ4v) is 2.48. The van der Waals surface area contributed by atoms with Crippen LogP contribution in [0.3, 0.4) is 0 Å². The zero-order chi connectivity index (χ0) is 17.9. The number of rotatable bonds is 4. The highest BCUT2D eigenvalue weighted by molar-refractivity contribution is 5.65. The highest BCUT2D eigenvalue weighted by Gasteiger charge is 2.12. The monoisotopic (exact) mass is 344 g/mol. The van der Waals surface area contributed by atoms with Crippen LogP contribution in [0.25, 0.3) is 23.0 Å². The van der Waals surface area contributed by atoms with Gasteiger partial charge >= 0.3 is 0 Å². The van der Waals surface area contributed by atoms with Crippen LogP contribution in [0.5, 0.6) is 0 Å². The minimum atomic E-state index is 0.428. The number of benzene rings is 1. The number of nitrogens with zero attached hydrogens (tertiary/aromatic N) is 5. The molecule has 0 saturated heterocycles. The van der Waals surface area contributed by atoms with Gasteiger partial charge in [0.1, 0.15) is 5.69 Å². The zero-order valence-corrected chi connectivity index (χ0v) is 14.3. The van der Waals surface area contributed by atoms with E-state index >= 15 is 0 Å². The predicted octanol–water partition coefficient (Wildman–Crippen LogP) is 3.95.